The predicted octanol–water partition coefficient (Wildman–Crippen LogP) is 1.09. The molecule has 0 aliphatic carbocycles. The molecule has 2 aromatic rings. The lowest BCUT2D eigenvalue weighted by Gasteiger charge is -2.02. The zero-order valence-electron chi connectivity index (χ0n) is 11.7. The second-order valence-corrected chi connectivity index (χ2v) is 4.56. The number of aromatic amines is 1. The fraction of sp³-hybridized carbons (Fsp3) is 0.357. The third-order valence-corrected chi connectivity index (χ3v) is 2.99. The van der Waals surface area contributed by atoms with Crippen molar-refractivity contribution in [3.63, 3.8) is 0 Å². The molecule has 2 rings (SSSR count). The average Bonchev–Trinajstić information content (AvgIpc) is 2.86. The molecule has 1 heterocycles. The van der Waals surface area contributed by atoms with Gasteiger partial charge in [-0.05, 0) is 12.1 Å². The molecule has 1 aromatic heterocycles. The molecule has 7 heteroatoms. The Hall–Kier alpha value is -2.57. The molecular weight excluding hydrogens is 274 g/mol. The summed E-state index contributed by atoms with van der Waals surface area (Å²) in [5.74, 6) is 0.267. The summed E-state index contributed by atoms with van der Waals surface area (Å²) in [5.41, 5.74) is 1.71. The van der Waals surface area contributed by atoms with Crippen molar-refractivity contribution in [3.05, 3.63) is 24.0 Å². The maximum Gasteiger partial charge on any atom is 0.303 e. The lowest BCUT2D eigenvalue weighted by Crippen LogP contribution is -2.26. The minimum absolute atomic E-state index is 0.00728. The van der Waals surface area contributed by atoms with Crippen molar-refractivity contribution in [2.75, 3.05) is 13.7 Å². The van der Waals surface area contributed by atoms with Crippen LogP contribution in [-0.2, 0) is 16.0 Å². The van der Waals surface area contributed by atoms with Gasteiger partial charge in [0.1, 0.15) is 11.6 Å². The maximum atomic E-state index is 11.4. The number of aromatic nitrogens is 2. The van der Waals surface area contributed by atoms with Crippen LogP contribution in [0.5, 0.6) is 5.75 Å². The Morgan fingerprint density at radius 3 is 2.90 bits per heavy atom. The van der Waals surface area contributed by atoms with Crippen LogP contribution in [0.15, 0.2) is 18.2 Å². The van der Waals surface area contributed by atoms with Crippen LogP contribution in [0.25, 0.3) is 11.0 Å². The molecule has 0 aliphatic heterocycles. The number of hydrogen-bond acceptors (Lipinski definition) is 4. The van der Waals surface area contributed by atoms with E-state index in [9.17, 15) is 9.59 Å². The van der Waals surface area contributed by atoms with E-state index in [-0.39, 0.29) is 18.7 Å². The first kappa shape index (κ1) is 14.8. The van der Waals surface area contributed by atoms with Crippen molar-refractivity contribution in [1.82, 2.24) is 15.3 Å². The third-order valence-electron chi connectivity index (χ3n) is 2.99. The molecule has 0 aliphatic rings. The highest BCUT2D eigenvalue weighted by molar-refractivity contribution is 5.80. The van der Waals surface area contributed by atoms with Gasteiger partial charge in [-0.25, -0.2) is 4.98 Å². The highest BCUT2D eigenvalue weighted by atomic mass is 16.5. The number of carbonyl (C=O) groups excluding carboxylic acids is 1. The van der Waals surface area contributed by atoms with Crippen LogP contribution in [0, 0.1) is 0 Å². The SMILES string of the molecule is COc1ccc2nc(CCNC(=O)CCC(=O)O)[nH]c2c1. The summed E-state index contributed by atoms with van der Waals surface area (Å²) in [4.78, 5) is 29.3. The molecule has 0 fully saturated rings. The summed E-state index contributed by atoms with van der Waals surface area (Å²) in [5, 5.41) is 11.2. The zero-order chi connectivity index (χ0) is 15.2. The minimum atomic E-state index is -0.976. The smallest absolute Gasteiger partial charge is 0.303 e. The number of ether oxygens (including phenoxy) is 1. The van der Waals surface area contributed by atoms with Crippen LogP contribution in [0.3, 0.4) is 0 Å². The van der Waals surface area contributed by atoms with E-state index in [1.807, 2.05) is 18.2 Å². The molecule has 0 atom stereocenters. The fourth-order valence-corrected chi connectivity index (χ4v) is 1.92. The summed E-state index contributed by atoms with van der Waals surface area (Å²) in [6.45, 7) is 0.412. The first-order valence-electron chi connectivity index (χ1n) is 6.59. The van der Waals surface area contributed by atoms with Gasteiger partial charge in [-0.1, -0.05) is 0 Å². The van der Waals surface area contributed by atoms with Crippen LogP contribution >= 0.6 is 0 Å². The van der Waals surface area contributed by atoms with E-state index in [2.05, 4.69) is 15.3 Å². The molecule has 112 valence electrons. The quantitative estimate of drug-likeness (QED) is 0.708. The standard InChI is InChI=1S/C14H17N3O4/c1-21-9-2-3-10-11(8-9)17-12(16-10)6-7-15-13(18)4-5-14(19)20/h2-3,8H,4-7H2,1H3,(H,15,18)(H,16,17)(H,19,20). The highest BCUT2D eigenvalue weighted by Gasteiger charge is 2.07. The van der Waals surface area contributed by atoms with Crippen LogP contribution in [-0.4, -0.2) is 40.6 Å². The first-order valence-corrected chi connectivity index (χ1v) is 6.59. The van der Waals surface area contributed by atoms with Gasteiger partial charge < -0.3 is 20.1 Å². The Morgan fingerprint density at radius 2 is 2.19 bits per heavy atom. The van der Waals surface area contributed by atoms with Gasteiger partial charge in [0.05, 0.1) is 24.6 Å². The largest absolute Gasteiger partial charge is 0.497 e. The van der Waals surface area contributed by atoms with Crippen molar-refractivity contribution < 1.29 is 19.4 Å². The van der Waals surface area contributed by atoms with Crippen LogP contribution in [0.4, 0.5) is 0 Å². The summed E-state index contributed by atoms with van der Waals surface area (Å²) >= 11 is 0. The summed E-state index contributed by atoms with van der Waals surface area (Å²) < 4.78 is 5.14. The number of carboxylic acid groups (broad SMARTS) is 1. The Bertz CT molecular complexity index is 651. The average molecular weight is 291 g/mol. The molecule has 0 unspecified atom stereocenters. The lowest BCUT2D eigenvalue weighted by atomic mass is 10.3. The van der Waals surface area contributed by atoms with Crippen molar-refractivity contribution in [2.45, 2.75) is 19.3 Å². The minimum Gasteiger partial charge on any atom is -0.497 e. The van der Waals surface area contributed by atoms with Crippen LogP contribution in [0.1, 0.15) is 18.7 Å². The number of rotatable bonds is 7. The van der Waals surface area contributed by atoms with E-state index < -0.39 is 5.97 Å². The molecule has 1 amide bonds. The molecule has 0 saturated heterocycles. The lowest BCUT2D eigenvalue weighted by molar-refractivity contribution is -0.138. The molecule has 3 N–H and O–H groups in total. The number of H-pyrrole nitrogens is 1. The molecule has 0 radical (unpaired) electrons. The topological polar surface area (TPSA) is 104 Å². The van der Waals surface area contributed by atoms with Gasteiger partial charge in [-0.2, -0.15) is 0 Å². The van der Waals surface area contributed by atoms with Crippen molar-refractivity contribution in [2.24, 2.45) is 0 Å². The monoisotopic (exact) mass is 291 g/mol. The zero-order valence-corrected chi connectivity index (χ0v) is 11.7. The Balaban J connectivity index is 1.86. The van der Waals surface area contributed by atoms with Gasteiger partial charge in [0.15, 0.2) is 0 Å². The van der Waals surface area contributed by atoms with Gasteiger partial charge in [-0.15, -0.1) is 0 Å². The normalized spacial score (nSPS) is 10.5. The van der Waals surface area contributed by atoms with Crippen molar-refractivity contribution in [1.29, 1.82) is 0 Å². The van der Waals surface area contributed by atoms with E-state index >= 15 is 0 Å². The van der Waals surface area contributed by atoms with Gasteiger partial charge in [0.2, 0.25) is 5.91 Å². The number of aliphatic carboxylic acids is 1. The molecular formula is C14H17N3O4. The van der Waals surface area contributed by atoms with E-state index in [0.717, 1.165) is 22.6 Å². The molecule has 21 heavy (non-hydrogen) atoms. The molecule has 0 bridgehead atoms. The number of amides is 1. The van der Waals surface area contributed by atoms with Crippen molar-refractivity contribution >= 4 is 22.9 Å². The first-order chi connectivity index (χ1) is 10.1. The summed E-state index contributed by atoms with van der Waals surface area (Å²) in [6, 6.07) is 5.55. The highest BCUT2D eigenvalue weighted by Crippen LogP contribution is 2.18. The molecule has 1 aromatic carbocycles. The predicted molar refractivity (Wildman–Crippen MR) is 76.2 cm³/mol. The van der Waals surface area contributed by atoms with Crippen molar-refractivity contribution in [3.8, 4) is 5.75 Å². The van der Waals surface area contributed by atoms with Gasteiger partial charge >= 0.3 is 5.97 Å². The number of methoxy groups -OCH3 is 1. The number of nitrogens with zero attached hydrogens (tertiary/aromatic N) is 1. The van der Waals surface area contributed by atoms with Crippen LogP contribution in [0.2, 0.25) is 0 Å². The van der Waals surface area contributed by atoms with E-state index in [1.54, 1.807) is 7.11 Å². The summed E-state index contributed by atoms with van der Waals surface area (Å²) in [7, 11) is 1.60. The van der Waals surface area contributed by atoms with Gasteiger partial charge in [0.25, 0.3) is 0 Å². The number of nitrogens with one attached hydrogen (secondary N) is 2. The number of carboxylic acids is 1. The number of fused-ring (bicyclic) bond motifs is 1. The maximum absolute atomic E-state index is 11.4. The summed E-state index contributed by atoms with van der Waals surface area (Å²) in [6.07, 6.45) is 0.388. The molecule has 7 nitrogen and oxygen atoms in total. The second-order valence-electron chi connectivity index (χ2n) is 4.56. The fourth-order valence-electron chi connectivity index (χ4n) is 1.92. The van der Waals surface area contributed by atoms with Gasteiger partial charge in [0, 0.05) is 25.5 Å². The Kier molecular flexibility index (Phi) is 4.76. The number of imidazole rings is 1. The molecule has 0 spiro atoms. The molecule has 0 saturated carbocycles. The Morgan fingerprint density at radius 1 is 1.38 bits per heavy atom. The Labute approximate surface area is 121 Å². The number of carbonyl (C=O) groups is 2. The van der Waals surface area contributed by atoms with E-state index in [0.29, 0.717) is 13.0 Å². The number of hydrogen-bond donors (Lipinski definition) is 3. The van der Waals surface area contributed by atoms with Crippen LogP contribution < -0.4 is 10.1 Å². The third kappa shape index (κ3) is 4.20. The van der Waals surface area contributed by atoms with Gasteiger partial charge in [-0.3, -0.25) is 9.59 Å². The van der Waals surface area contributed by atoms with E-state index in [4.69, 9.17) is 9.84 Å². The van der Waals surface area contributed by atoms with E-state index in [1.165, 1.54) is 0 Å². The second kappa shape index (κ2) is 6.74. The number of benzene rings is 1.